The molecule has 0 radical (unpaired) electrons. The number of H-pyrrole nitrogens is 2. The quantitative estimate of drug-likeness (QED) is 0.313. The van der Waals surface area contributed by atoms with Gasteiger partial charge in [-0.2, -0.15) is 0 Å². The number of aromatic amines is 2. The highest BCUT2D eigenvalue weighted by Gasteiger charge is 2.47. The monoisotopic (exact) mass is 583 g/mol. The number of hydrogen-bond donors (Lipinski definition) is 3. The minimum absolute atomic E-state index is 0.0130. The highest BCUT2D eigenvalue weighted by atomic mass is 79.9. The van der Waals surface area contributed by atoms with Gasteiger partial charge in [0.15, 0.2) is 0 Å². The lowest BCUT2D eigenvalue weighted by atomic mass is 9.73. The average molecular weight is 585 g/mol. The molecule has 1 aliphatic heterocycles. The molecule has 0 saturated carbocycles. The molecule has 5 unspecified atom stereocenters. The second-order valence-corrected chi connectivity index (χ2v) is 13.0. The van der Waals surface area contributed by atoms with Gasteiger partial charge in [-0.05, 0) is 42.7 Å². The Morgan fingerprint density at radius 1 is 1.26 bits per heavy atom. The number of carbonyl (C=O) groups excluding carboxylic acids is 2. The minimum Gasteiger partial charge on any atom is -0.453 e. The van der Waals surface area contributed by atoms with Gasteiger partial charge >= 0.3 is 6.09 Å². The number of likely N-dealkylation sites (tertiary alicyclic amines) is 1. The number of rotatable bonds is 6. The van der Waals surface area contributed by atoms with E-state index < -0.39 is 17.7 Å². The van der Waals surface area contributed by atoms with Crippen LogP contribution in [0.1, 0.15) is 77.3 Å². The van der Waals surface area contributed by atoms with Crippen LogP contribution in [-0.4, -0.2) is 56.4 Å². The summed E-state index contributed by atoms with van der Waals surface area (Å²) in [4.78, 5) is 39.7. The molecule has 1 aromatic carbocycles. The first kappa shape index (κ1) is 26.8. The fourth-order valence-electron chi connectivity index (χ4n) is 6.57. The Balaban J connectivity index is 1.50. The lowest BCUT2D eigenvalue weighted by Crippen LogP contribution is -2.55. The summed E-state index contributed by atoms with van der Waals surface area (Å²) in [6, 6.07) is 3.76. The molecule has 3 heterocycles. The van der Waals surface area contributed by atoms with Crippen molar-refractivity contribution in [3.05, 3.63) is 41.5 Å². The SMILES string of the molecule is COC(=O)NC(C(=O)N1CCCC1(C)c1ncc(-c2ccc3c4c(c[nH]c24)C(C)C3(C)C(C)Br)[nH]1)C(C)C. The van der Waals surface area contributed by atoms with Crippen molar-refractivity contribution >= 4 is 38.8 Å². The summed E-state index contributed by atoms with van der Waals surface area (Å²) in [7, 11) is 1.31. The molecule has 1 fully saturated rings. The van der Waals surface area contributed by atoms with Crippen molar-refractivity contribution in [2.45, 2.75) is 82.1 Å². The molecule has 2 aromatic heterocycles. The van der Waals surface area contributed by atoms with E-state index in [0.29, 0.717) is 17.3 Å². The molecular weight excluding hydrogens is 546 g/mol. The molecule has 0 spiro atoms. The van der Waals surface area contributed by atoms with E-state index in [1.807, 2.05) is 24.9 Å². The van der Waals surface area contributed by atoms with Crippen LogP contribution in [0.3, 0.4) is 0 Å². The maximum atomic E-state index is 13.7. The summed E-state index contributed by atoms with van der Waals surface area (Å²) >= 11 is 3.88. The molecule has 38 heavy (non-hydrogen) atoms. The Bertz CT molecular complexity index is 1390. The fraction of sp³-hybridized carbons (Fsp3) is 0.552. The lowest BCUT2D eigenvalue weighted by molar-refractivity contribution is -0.138. The van der Waals surface area contributed by atoms with Crippen LogP contribution in [0, 0.1) is 5.92 Å². The van der Waals surface area contributed by atoms with Gasteiger partial charge in [0.2, 0.25) is 5.91 Å². The van der Waals surface area contributed by atoms with Gasteiger partial charge in [-0.15, -0.1) is 0 Å². The molecule has 1 saturated heterocycles. The molecule has 1 aliphatic carbocycles. The Labute approximate surface area is 232 Å². The summed E-state index contributed by atoms with van der Waals surface area (Å²) in [6.07, 6.45) is 5.07. The summed E-state index contributed by atoms with van der Waals surface area (Å²) in [5.74, 6) is 0.937. The molecule has 5 rings (SSSR count). The van der Waals surface area contributed by atoms with Crippen LogP contribution in [0.25, 0.3) is 22.2 Å². The van der Waals surface area contributed by atoms with Crippen LogP contribution in [0.5, 0.6) is 0 Å². The van der Waals surface area contributed by atoms with Crippen molar-refractivity contribution < 1.29 is 14.3 Å². The van der Waals surface area contributed by atoms with Gasteiger partial charge in [-0.1, -0.05) is 62.7 Å². The number of halogens is 1. The van der Waals surface area contributed by atoms with Crippen molar-refractivity contribution in [1.82, 2.24) is 25.2 Å². The Kier molecular flexibility index (Phi) is 6.65. The highest BCUT2D eigenvalue weighted by molar-refractivity contribution is 9.09. The number of imidazole rings is 1. The van der Waals surface area contributed by atoms with E-state index in [1.165, 1.54) is 23.6 Å². The zero-order valence-corrected chi connectivity index (χ0v) is 24.8. The Hall–Kier alpha value is -2.81. The Morgan fingerprint density at radius 2 is 2.00 bits per heavy atom. The van der Waals surface area contributed by atoms with Gasteiger partial charge in [0.05, 0.1) is 30.1 Å². The van der Waals surface area contributed by atoms with E-state index in [1.54, 1.807) is 0 Å². The standard InChI is InChI=1S/C29H38BrN5O3/c1-15(2)23(34-27(37)38-7)25(36)35-12-8-11-28(35,5)26-32-14-21(33-26)18-9-10-20-22-19(13-31-24(18)22)16(3)29(20,6)17(4)30/h9-10,13-17,23,31H,8,11-12H2,1-7H3,(H,32,33)(H,34,37). The maximum Gasteiger partial charge on any atom is 0.407 e. The van der Waals surface area contributed by atoms with E-state index in [9.17, 15) is 9.59 Å². The predicted molar refractivity (Wildman–Crippen MR) is 153 cm³/mol. The number of aromatic nitrogens is 3. The fourth-order valence-corrected chi connectivity index (χ4v) is 7.21. The van der Waals surface area contributed by atoms with Crippen LogP contribution in [-0.2, 0) is 20.5 Å². The first-order valence-corrected chi connectivity index (χ1v) is 14.4. The topological polar surface area (TPSA) is 103 Å². The summed E-state index contributed by atoms with van der Waals surface area (Å²) < 4.78 is 4.77. The van der Waals surface area contributed by atoms with Crippen molar-refractivity contribution in [2.24, 2.45) is 5.92 Å². The van der Waals surface area contributed by atoms with Crippen LogP contribution in [0.4, 0.5) is 4.79 Å². The maximum absolute atomic E-state index is 13.7. The first-order valence-electron chi connectivity index (χ1n) is 13.5. The number of alkyl carbamates (subject to hydrolysis) is 1. The highest BCUT2D eigenvalue weighted by Crippen LogP contribution is 2.55. The van der Waals surface area contributed by atoms with E-state index in [-0.39, 0.29) is 17.2 Å². The summed E-state index contributed by atoms with van der Waals surface area (Å²) in [6.45, 7) is 13.4. The van der Waals surface area contributed by atoms with E-state index in [4.69, 9.17) is 9.72 Å². The molecule has 0 bridgehead atoms. The van der Waals surface area contributed by atoms with Crippen molar-refractivity contribution in [1.29, 1.82) is 0 Å². The lowest BCUT2D eigenvalue weighted by Gasteiger charge is -2.37. The van der Waals surface area contributed by atoms with Crippen molar-refractivity contribution in [2.75, 3.05) is 13.7 Å². The third-order valence-electron chi connectivity index (χ3n) is 9.31. The second-order valence-electron chi connectivity index (χ2n) is 11.6. The number of nitrogens with one attached hydrogen (secondary N) is 3. The normalized spacial score (nSPS) is 26.2. The van der Waals surface area contributed by atoms with Gasteiger partial charge in [0.25, 0.3) is 0 Å². The predicted octanol–water partition coefficient (Wildman–Crippen LogP) is 5.93. The van der Waals surface area contributed by atoms with Crippen LogP contribution >= 0.6 is 15.9 Å². The van der Waals surface area contributed by atoms with Crippen LogP contribution in [0.15, 0.2) is 24.5 Å². The number of carbonyl (C=O) groups is 2. The van der Waals surface area contributed by atoms with Gasteiger partial charge < -0.3 is 24.9 Å². The molecule has 3 N–H and O–H groups in total. The van der Waals surface area contributed by atoms with Gasteiger partial charge in [0.1, 0.15) is 11.9 Å². The molecule has 2 amide bonds. The average Bonchev–Trinajstić information content (AvgIpc) is 3.66. The van der Waals surface area contributed by atoms with Gasteiger partial charge in [-0.3, -0.25) is 4.79 Å². The van der Waals surface area contributed by atoms with Crippen molar-refractivity contribution in [3.8, 4) is 11.3 Å². The first-order chi connectivity index (χ1) is 17.9. The number of nitrogens with zero attached hydrogens (tertiary/aromatic N) is 2. The number of alkyl halides is 1. The molecule has 9 heteroatoms. The van der Waals surface area contributed by atoms with Gasteiger partial charge in [0, 0.05) is 33.9 Å². The Morgan fingerprint density at radius 3 is 2.66 bits per heavy atom. The zero-order valence-electron chi connectivity index (χ0n) is 23.2. The molecule has 2 aliphatic rings. The number of amides is 2. The zero-order chi connectivity index (χ0) is 27.6. The van der Waals surface area contributed by atoms with E-state index in [0.717, 1.165) is 35.4 Å². The minimum atomic E-state index is -0.673. The summed E-state index contributed by atoms with van der Waals surface area (Å²) in [5.41, 5.74) is 5.22. The van der Waals surface area contributed by atoms with E-state index in [2.05, 4.69) is 77.2 Å². The third-order valence-corrected chi connectivity index (χ3v) is 10.3. The molecule has 3 aromatic rings. The molecule has 8 nitrogen and oxygen atoms in total. The summed E-state index contributed by atoms with van der Waals surface area (Å²) in [5, 5.41) is 4.03. The largest absolute Gasteiger partial charge is 0.453 e. The number of ether oxygens (including phenoxy) is 1. The number of methoxy groups -OCH3 is 1. The number of benzene rings is 1. The smallest absolute Gasteiger partial charge is 0.407 e. The van der Waals surface area contributed by atoms with Crippen LogP contribution < -0.4 is 5.32 Å². The van der Waals surface area contributed by atoms with Gasteiger partial charge in [-0.25, -0.2) is 9.78 Å². The van der Waals surface area contributed by atoms with Crippen LogP contribution in [0.2, 0.25) is 0 Å². The third kappa shape index (κ3) is 3.80. The number of hydrogen-bond acceptors (Lipinski definition) is 4. The molecular formula is C29H38BrN5O3. The van der Waals surface area contributed by atoms with E-state index >= 15 is 0 Å². The van der Waals surface area contributed by atoms with Crippen molar-refractivity contribution in [3.63, 3.8) is 0 Å². The molecule has 204 valence electrons. The second kappa shape index (κ2) is 9.43. The molecule has 5 atom stereocenters.